The van der Waals surface area contributed by atoms with Crippen molar-refractivity contribution in [3.05, 3.63) is 83.9 Å². The van der Waals surface area contributed by atoms with Crippen LogP contribution in [0.15, 0.2) is 102 Å². The maximum atomic E-state index is 12.5. The number of rotatable bonds is 20. The van der Waals surface area contributed by atoms with E-state index >= 15 is 0 Å². The van der Waals surface area contributed by atoms with Crippen molar-refractivity contribution in [1.82, 2.24) is 29.9 Å². The van der Waals surface area contributed by atoms with Gasteiger partial charge in [0, 0.05) is 30.4 Å². The molecule has 6 rings (SSSR count). The van der Waals surface area contributed by atoms with Crippen molar-refractivity contribution < 1.29 is 257 Å². The van der Waals surface area contributed by atoms with Crippen molar-refractivity contribution in [3.63, 3.8) is 0 Å². The predicted octanol–water partition coefficient (Wildman–Crippen LogP) is -16.9. The molecule has 0 spiro atoms. The SMILES string of the molecule is CNc1nc(Nc2ccc(C=Cc3ccc(Nc4nc(NC)nc(Nc5ccc(S(=O)(=O)[O-])cc5S(=O)(=O)[O-])n4)cc3S(=O)(=O)[O-])c(S(=O)(=O)[O-])c2)nc(Nc2ccc(SOO[O-])cc2S(=O)(=O)[O-])n1.[Na+].[Na+].[Na+].[Na+].[Na+].[Na+]. The number of hydrogen-bond donors (Lipinski definition) is 6. The van der Waals surface area contributed by atoms with Crippen molar-refractivity contribution in [2.45, 2.75) is 29.4 Å². The van der Waals surface area contributed by atoms with Gasteiger partial charge in [-0.3, -0.25) is 5.04 Å². The Morgan fingerprint density at radius 1 is 0.434 bits per heavy atom. The molecule has 6 N–H and O–H groups in total. The molecule has 76 heavy (non-hydrogen) atoms. The number of hydrogen-bond acceptors (Lipinski definition) is 31. The van der Waals surface area contributed by atoms with Crippen LogP contribution in [0.3, 0.4) is 0 Å². The Morgan fingerprint density at radius 2 is 0.789 bits per heavy atom. The van der Waals surface area contributed by atoms with Gasteiger partial charge in [0.05, 0.1) is 47.9 Å². The van der Waals surface area contributed by atoms with Crippen LogP contribution in [0.2, 0.25) is 0 Å². The number of nitrogens with zero attached hydrogens (tertiary/aromatic N) is 6. The van der Waals surface area contributed by atoms with Crippen LogP contribution in [-0.4, -0.2) is 109 Å². The summed E-state index contributed by atoms with van der Waals surface area (Å²) in [6.07, 6.45) is 2.02. The Morgan fingerprint density at radius 3 is 1.14 bits per heavy atom. The van der Waals surface area contributed by atoms with E-state index in [9.17, 15) is 70.1 Å². The van der Waals surface area contributed by atoms with Crippen LogP contribution in [0.4, 0.5) is 58.4 Å². The molecule has 6 aromatic rings. The molecule has 30 nitrogen and oxygen atoms in total. The predicted molar refractivity (Wildman–Crippen MR) is 234 cm³/mol. The summed E-state index contributed by atoms with van der Waals surface area (Å²) in [5.41, 5.74) is -1.75. The summed E-state index contributed by atoms with van der Waals surface area (Å²) in [4.78, 5) is 19.5. The van der Waals surface area contributed by atoms with Crippen molar-refractivity contribution in [2.75, 3.05) is 46.0 Å². The van der Waals surface area contributed by atoms with Gasteiger partial charge in [-0.1, -0.05) is 24.3 Å². The van der Waals surface area contributed by atoms with Crippen LogP contribution < -0.4 is 215 Å². The van der Waals surface area contributed by atoms with Gasteiger partial charge in [-0.2, -0.15) is 34.2 Å². The second kappa shape index (κ2) is 31.6. The Labute approximate surface area is 570 Å². The summed E-state index contributed by atoms with van der Waals surface area (Å²) in [5, 5.41) is 28.8. The number of aromatic nitrogens is 6. The molecule has 0 aliphatic carbocycles. The summed E-state index contributed by atoms with van der Waals surface area (Å²) in [5.74, 6) is -1.89. The molecular formula is C34H26N12Na6O18S6. The minimum absolute atomic E-state index is 0. The van der Waals surface area contributed by atoms with E-state index < -0.39 is 86.7 Å². The van der Waals surface area contributed by atoms with Gasteiger partial charge in [0.2, 0.25) is 35.7 Å². The zero-order chi connectivity index (χ0) is 51.4. The monoisotopic (exact) mass is 1220 g/mol. The molecule has 0 bridgehead atoms. The molecule has 0 saturated carbocycles. The normalized spacial score (nSPS) is 11.4. The Bertz CT molecular complexity index is 3660. The molecule has 0 aliphatic heterocycles. The number of nitrogens with one attached hydrogen (secondary N) is 6. The fourth-order valence-corrected chi connectivity index (χ4v) is 9.45. The zero-order valence-corrected chi connectivity index (χ0v) is 57.5. The van der Waals surface area contributed by atoms with Gasteiger partial charge in [-0.05, 0) is 71.8 Å². The van der Waals surface area contributed by atoms with Gasteiger partial charge in [0.25, 0.3) is 0 Å². The first kappa shape index (κ1) is 75.2. The van der Waals surface area contributed by atoms with Crippen LogP contribution in [0.5, 0.6) is 0 Å². The van der Waals surface area contributed by atoms with Crippen LogP contribution in [-0.2, 0) is 60.0 Å². The maximum Gasteiger partial charge on any atom is 1.00 e. The van der Waals surface area contributed by atoms with E-state index in [0.717, 1.165) is 54.6 Å². The second-order valence-electron chi connectivity index (χ2n) is 13.3. The third-order valence-electron chi connectivity index (χ3n) is 8.62. The van der Waals surface area contributed by atoms with Crippen LogP contribution in [0, 0.1) is 0 Å². The van der Waals surface area contributed by atoms with Crippen LogP contribution >= 0.6 is 12.0 Å². The summed E-state index contributed by atoms with van der Waals surface area (Å²) in [6, 6.07) is 11.5. The fraction of sp³-hybridized carbons (Fsp3) is 0.0588. The van der Waals surface area contributed by atoms with Gasteiger partial charge < -0.3 is 59.9 Å². The van der Waals surface area contributed by atoms with E-state index in [0.29, 0.717) is 24.2 Å². The zero-order valence-electron chi connectivity index (χ0n) is 40.6. The third kappa shape index (κ3) is 21.2. The average molecular weight is 1220 g/mol. The Hall–Kier alpha value is -0.780. The van der Waals surface area contributed by atoms with E-state index in [2.05, 4.69) is 71.2 Å². The molecule has 42 heteroatoms. The molecule has 0 amide bonds. The van der Waals surface area contributed by atoms with Gasteiger partial charge >= 0.3 is 177 Å². The molecule has 0 aliphatic rings. The molecule has 372 valence electrons. The van der Waals surface area contributed by atoms with E-state index in [1.165, 1.54) is 32.3 Å². The molecule has 0 atom stereocenters. The molecule has 4 aromatic carbocycles. The molecule has 0 fully saturated rings. The third-order valence-corrected chi connectivity index (χ3v) is 13.6. The molecule has 0 unspecified atom stereocenters. The summed E-state index contributed by atoms with van der Waals surface area (Å²) < 4.78 is 186. The van der Waals surface area contributed by atoms with E-state index in [1.807, 2.05) is 0 Å². The summed E-state index contributed by atoms with van der Waals surface area (Å²) in [6.45, 7) is 0. The minimum atomic E-state index is -5.40. The van der Waals surface area contributed by atoms with Crippen LogP contribution in [0.25, 0.3) is 12.2 Å². The standard InChI is InChI=1S/C34H32N12O18S6.6Na/c1-35-29-41-31(45-33(43-29)39-23-11-9-21(65-64-63-47)15-27(23)69(57,58)59)37-19-7-5-17(25(13-19)67(51,52)53)3-4-18-6-8-20(14-26(18)68(54,55)56)38-32-42-30(36-2)44-34(46-32)40-24-12-10-22(66(48,49)50)16-28(24)70(60,61)62;;;;;;/h3-16,47H,1-2H3,(H,48,49,50)(H,51,52,53)(H,54,55,56)(H,57,58,59)(H,60,61,62)(H3,35,37,39,41,43,45)(H3,36,38,40,42,44,46);;;;;;/q;6*+1/p-6. The van der Waals surface area contributed by atoms with Gasteiger partial charge in [0.15, 0.2) is 0 Å². The van der Waals surface area contributed by atoms with Gasteiger partial charge in [0.1, 0.15) is 50.6 Å². The molecule has 0 radical (unpaired) electrons. The maximum absolute atomic E-state index is 12.5. The summed E-state index contributed by atoms with van der Waals surface area (Å²) >= 11 is 0.309. The van der Waals surface area contributed by atoms with Crippen molar-refractivity contribution in [1.29, 1.82) is 0 Å². The average Bonchev–Trinajstić information content (AvgIpc) is 3.26. The van der Waals surface area contributed by atoms with E-state index in [1.54, 1.807) is 0 Å². The first-order chi connectivity index (χ1) is 32.6. The van der Waals surface area contributed by atoms with Crippen molar-refractivity contribution >= 4 is 133 Å². The minimum Gasteiger partial charge on any atom is -0.744 e. The largest absolute Gasteiger partial charge is 1.00 e. The molecule has 2 aromatic heterocycles. The van der Waals surface area contributed by atoms with Gasteiger partial charge in [-0.25, -0.2) is 42.1 Å². The van der Waals surface area contributed by atoms with Crippen molar-refractivity contribution in [3.8, 4) is 0 Å². The first-order valence-electron chi connectivity index (χ1n) is 18.3. The topological polar surface area (TPSA) is 477 Å². The smallest absolute Gasteiger partial charge is 0.744 e. The Balaban J connectivity index is 0.00000937. The van der Waals surface area contributed by atoms with Crippen LogP contribution in [0.1, 0.15) is 11.1 Å². The van der Waals surface area contributed by atoms with E-state index in [4.69, 9.17) is 0 Å². The second-order valence-corrected chi connectivity index (χ2v) is 20.8. The van der Waals surface area contributed by atoms with Gasteiger partial charge in [-0.15, -0.1) is 0 Å². The summed E-state index contributed by atoms with van der Waals surface area (Å²) in [7, 11) is -23.6. The number of anilines is 10. The quantitative estimate of drug-likeness (QED) is 0.0103. The van der Waals surface area contributed by atoms with E-state index in [-0.39, 0.29) is 240 Å². The number of benzene rings is 4. The Kier molecular flexibility index (Phi) is 31.3. The van der Waals surface area contributed by atoms with Crippen molar-refractivity contribution in [2.24, 2.45) is 0 Å². The molecule has 0 saturated heterocycles. The molecular weight excluding hydrogens is 1190 g/mol. The fourth-order valence-electron chi connectivity index (χ4n) is 5.70. The molecule has 2 heterocycles. The first-order valence-corrected chi connectivity index (χ1v) is 26.1.